The Morgan fingerprint density at radius 2 is 1.92 bits per heavy atom. The van der Waals surface area contributed by atoms with E-state index in [9.17, 15) is 4.39 Å². The van der Waals surface area contributed by atoms with Crippen LogP contribution >= 0.6 is 15.9 Å². The zero-order valence-corrected chi connectivity index (χ0v) is 7.42. The van der Waals surface area contributed by atoms with E-state index in [4.69, 9.17) is 15.2 Å². The summed E-state index contributed by atoms with van der Waals surface area (Å²) in [5.74, 6) is -1.65. The van der Waals surface area contributed by atoms with Gasteiger partial charge in [-0.2, -0.15) is 0 Å². The Morgan fingerprint density at radius 3 is 2.42 bits per heavy atom. The zero-order valence-electron chi connectivity index (χ0n) is 5.83. The average molecular weight is 235 g/mol. The normalized spacial score (nSPS) is 10.0. The molecule has 0 amide bonds. The van der Waals surface area contributed by atoms with Gasteiger partial charge in [-0.15, -0.1) is 0 Å². The summed E-state index contributed by atoms with van der Waals surface area (Å²) in [7, 11) is -1.91. The second-order valence-electron chi connectivity index (χ2n) is 2.17. The quantitative estimate of drug-likeness (QED) is 0.599. The first-order valence-corrected chi connectivity index (χ1v) is 3.86. The van der Waals surface area contributed by atoms with Crippen LogP contribution < -0.4 is 5.46 Å². The first kappa shape index (κ1) is 9.50. The van der Waals surface area contributed by atoms with Gasteiger partial charge in [-0.1, -0.05) is 6.07 Å². The number of phenols is 1. The summed E-state index contributed by atoms with van der Waals surface area (Å²) < 4.78 is 13.1. The average Bonchev–Trinajstić information content (AvgIpc) is 2.00. The fraction of sp³-hybridized carbons (Fsp3) is 0. The summed E-state index contributed by atoms with van der Waals surface area (Å²) in [4.78, 5) is 0. The van der Waals surface area contributed by atoms with Crippen molar-refractivity contribution in [2.45, 2.75) is 0 Å². The molecule has 0 saturated carbocycles. The Hall–Kier alpha value is -0.585. The van der Waals surface area contributed by atoms with Crippen LogP contribution in [0.25, 0.3) is 0 Å². The zero-order chi connectivity index (χ0) is 9.30. The number of halogens is 2. The molecule has 0 unspecified atom stereocenters. The highest BCUT2D eigenvalue weighted by Gasteiger charge is 2.20. The van der Waals surface area contributed by atoms with E-state index in [-0.39, 0.29) is 9.94 Å². The van der Waals surface area contributed by atoms with Gasteiger partial charge in [0.2, 0.25) is 0 Å². The van der Waals surface area contributed by atoms with Crippen LogP contribution in [0.4, 0.5) is 4.39 Å². The fourth-order valence-corrected chi connectivity index (χ4v) is 1.06. The highest BCUT2D eigenvalue weighted by Crippen LogP contribution is 2.24. The molecule has 1 aromatic carbocycles. The van der Waals surface area contributed by atoms with Crippen LogP contribution in [-0.4, -0.2) is 22.3 Å². The SMILES string of the molecule is OB(O)c1ccc(Br)c(O)c1F. The number of rotatable bonds is 1. The summed E-state index contributed by atoms with van der Waals surface area (Å²) >= 11 is 2.88. The molecule has 3 nitrogen and oxygen atoms in total. The Morgan fingerprint density at radius 1 is 1.33 bits per heavy atom. The molecule has 1 aromatic rings. The van der Waals surface area contributed by atoms with Crippen LogP contribution in [0.3, 0.4) is 0 Å². The molecular formula is C6H5BBrFO3. The van der Waals surface area contributed by atoms with Crippen molar-refractivity contribution < 1.29 is 19.5 Å². The molecule has 0 aliphatic carbocycles. The minimum atomic E-state index is -1.91. The van der Waals surface area contributed by atoms with Gasteiger partial charge in [0.05, 0.1) is 4.47 Å². The van der Waals surface area contributed by atoms with Crippen molar-refractivity contribution in [3.63, 3.8) is 0 Å². The highest BCUT2D eigenvalue weighted by molar-refractivity contribution is 9.10. The topological polar surface area (TPSA) is 60.7 Å². The molecule has 0 aliphatic heterocycles. The Balaban J connectivity index is 3.27. The van der Waals surface area contributed by atoms with Gasteiger partial charge in [0.1, 0.15) is 0 Å². The maximum atomic E-state index is 12.9. The molecule has 1 rings (SSSR count). The minimum Gasteiger partial charge on any atom is -0.504 e. The van der Waals surface area contributed by atoms with Crippen molar-refractivity contribution >= 4 is 28.5 Å². The molecule has 0 saturated heterocycles. The summed E-state index contributed by atoms with van der Waals surface area (Å²) in [6.45, 7) is 0. The summed E-state index contributed by atoms with van der Waals surface area (Å²) in [6, 6.07) is 2.50. The van der Waals surface area contributed by atoms with Crippen molar-refractivity contribution in [2.75, 3.05) is 0 Å². The minimum absolute atomic E-state index is 0.171. The fourth-order valence-electron chi connectivity index (χ4n) is 0.756. The summed E-state index contributed by atoms with van der Waals surface area (Å²) in [5, 5.41) is 26.2. The Kier molecular flexibility index (Phi) is 2.71. The van der Waals surface area contributed by atoms with Gasteiger partial charge in [0, 0.05) is 5.46 Å². The smallest absolute Gasteiger partial charge is 0.491 e. The lowest BCUT2D eigenvalue weighted by Crippen LogP contribution is -2.32. The van der Waals surface area contributed by atoms with Gasteiger partial charge >= 0.3 is 7.12 Å². The molecule has 6 heteroatoms. The van der Waals surface area contributed by atoms with Gasteiger partial charge in [-0.3, -0.25) is 0 Å². The Bertz CT molecular complexity index is 305. The third kappa shape index (κ3) is 1.60. The molecule has 0 atom stereocenters. The predicted octanol–water partition coefficient (Wildman–Crippen LogP) is -0.0264. The van der Waals surface area contributed by atoms with Crippen molar-refractivity contribution in [1.29, 1.82) is 0 Å². The van der Waals surface area contributed by atoms with E-state index in [0.29, 0.717) is 0 Å². The van der Waals surface area contributed by atoms with E-state index in [2.05, 4.69) is 15.9 Å². The molecule has 0 aliphatic rings. The van der Waals surface area contributed by atoms with Gasteiger partial charge < -0.3 is 15.2 Å². The summed E-state index contributed by atoms with van der Waals surface area (Å²) in [5.41, 5.74) is -0.351. The summed E-state index contributed by atoms with van der Waals surface area (Å²) in [6.07, 6.45) is 0. The molecular weight excluding hydrogens is 230 g/mol. The maximum absolute atomic E-state index is 12.9. The van der Waals surface area contributed by atoms with E-state index in [1.165, 1.54) is 12.1 Å². The molecule has 0 radical (unpaired) electrons. The molecule has 0 bridgehead atoms. The molecule has 0 heterocycles. The first-order chi connectivity index (χ1) is 5.54. The third-order valence-electron chi connectivity index (χ3n) is 1.37. The molecule has 3 N–H and O–H groups in total. The molecule has 0 aromatic heterocycles. The van der Waals surface area contributed by atoms with Gasteiger partial charge in [0.15, 0.2) is 11.6 Å². The van der Waals surface area contributed by atoms with E-state index in [0.717, 1.165) is 0 Å². The van der Waals surface area contributed by atoms with Crippen LogP contribution in [-0.2, 0) is 0 Å². The molecule has 0 fully saturated rings. The largest absolute Gasteiger partial charge is 0.504 e. The first-order valence-electron chi connectivity index (χ1n) is 3.07. The third-order valence-corrected chi connectivity index (χ3v) is 2.01. The van der Waals surface area contributed by atoms with Crippen molar-refractivity contribution in [2.24, 2.45) is 0 Å². The van der Waals surface area contributed by atoms with E-state index < -0.39 is 18.7 Å². The van der Waals surface area contributed by atoms with E-state index >= 15 is 0 Å². The Labute approximate surface area is 76.7 Å². The van der Waals surface area contributed by atoms with Gasteiger partial charge in [-0.25, -0.2) is 4.39 Å². The maximum Gasteiger partial charge on any atom is 0.491 e. The van der Waals surface area contributed by atoms with E-state index in [1.54, 1.807) is 0 Å². The van der Waals surface area contributed by atoms with Crippen LogP contribution in [0.2, 0.25) is 0 Å². The molecule has 0 spiro atoms. The number of phenolic OH excluding ortho intramolecular Hbond substituents is 1. The lowest BCUT2D eigenvalue weighted by atomic mass is 9.80. The standard InChI is InChI=1S/C6H5BBrFO3/c8-4-2-1-3(7(11)12)5(9)6(4)10/h1-2,10-12H. The second kappa shape index (κ2) is 3.43. The molecule has 64 valence electrons. The second-order valence-corrected chi connectivity index (χ2v) is 3.03. The van der Waals surface area contributed by atoms with Crippen molar-refractivity contribution in [3.8, 4) is 5.75 Å². The van der Waals surface area contributed by atoms with Crippen molar-refractivity contribution in [3.05, 3.63) is 22.4 Å². The predicted molar refractivity (Wildman–Crippen MR) is 45.6 cm³/mol. The van der Waals surface area contributed by atoms with Crippen LogP contribution in [0.15, 0.2) is 16.6 Å². The number of aromatic hydroxyl groups is 1. The lowest BCUT2D eigenvalue weighted by molar-refractivity contribution is 0.411. The number of benzene rings is 1. The van der Waals surface area contributed by atoms with Crippen LogP contribution in [0.5, 0.6) is 5.75 Å². The van der Waals surface area contributed by atoms with Crippen LogP contribution in [0.1, 0.15) is 0 Å². The van der Waals surface area contributed by atoms with E-state index in [1.807, 2.05) is 0 Å². The van der Waals surface area contributed by atoms with Crippen molar-refractivity contribution in [1.82, 2.24) is 0 Å². The highest BCUT2D eigenvalue weighted by atomic mass is 79.9. The number of hydrogen-bond donors (Lipinski definition) is 3. The van der Waals surface area contributed by atoms with Gasteiger partial charge in [-0.05, 0) is 22.0 Å². The van der Waals surface area contributed by atoms with Crippen LogP contribution in [0, 0.1) is 5.82 Å². The lowest BCUT2D eigenvalue weighted by Gasteiger charge is -2.04. The van der Waals surface area contributed by atoms with Gasteiger partial charge in [0.25, 0.3) is 0 Å². The molecule has 12 heavy (non-hydrogen) atoms. The number of hydrogen-bond acceptors (Lipinski definition) is 3. The monoisotopic (exact) mass is 234 g/mol.